The van der Waals surface area contributed by atoms with Gasteiger partial charge in [-0.2, -0.15) is 0 Å². The highest BCUT2D eigenvalue weighted by molar-refractivity contribution is 5.91. The highest BCUT2D eigenvalue weighted by Gasteiger charge is 2.22. The SMILES string of the molecule is CCc1cc(OC)c(OC)cc1[C@H](Cc1ccccc1)NC(=O)c1ccco1. The van der Waals surface area contributed by atoms with Crippen LogP contribution in [-0.2, 0) is 12.8 Å². The quantitative estimate of drug-likeness (QED) is 0.623. The molecule has 1 amide bonds. The lowest BCUT2D eigenvalue weighted by Gasteiger charge is -2.23. The minimum atomic E-state index is -0.247. The zero-order valence-corrected chi connectivity index (χ0v) is 16.4. The predicted octanol–water partition coefficient (Wildman–Crippen LogP) is 4.57. The Balaban J connectivity index is 2.01. The Bertz CT molecular complexity index is 904. The van der Waals surface area contributed by atoms with Crippen molar-refractivity contribution in [1.82, 2.24) is 5.32 Å². The lowest BCUT2D eigenvalue weighted by Crippen LogP contribution is -2.30. The molecule has 0 unspecified atom stereocenters. The molecule has 5 heteroatoms. The van der Waals surface area contributed by atoms with Gasteiger partial charge in [-0.1, -0.05) is 37.3 Å². The third-order valence-corrected chi connectivity index (χ3v) is 4.73. The summed E-state index contributed by atoms with van der Waals surface area (Å²) < 4.78 is 16.2. The van der Waals surface area contributed by atoms with E-state index in [1.807, 2.05) is 30.3 Å². The minimum absolute atomic E-state index is 0.241. The number of rotatable bonds is 8. The topological polar surface area (TPSA) is 60.7 Å². The molecule has 0 radical (unpaired) electrons. The van der Waals surface area contributed by atoms with Crippen LogP contribution in [0.15, 0.2) is 65.3 Å². The number of hydrogen-bond acceptors (Lipinski definition) is 4. The number of nitrogens with one attached hydrogen (secondary N) is 1. The Morgan fingerprint density at radius 1 is 1.04 bits per heavy atom. The fraction of sp³-hybridized carbons (Fsp3) is 0.261. The van der Waals surface area contributed by atoms with Gasteiger partial charge < -0.3 is 19.2 Å². The Kier molecular flexibility index (Phi) is 6.37. The zero-order valence-electron chi connectivity index (χ0n) is 16.4. The number of methoxy groups -OCH3 is 2. The van der Waals surface area contributed by atoms with Crippen molar-refractivity contribution in [3.8, 4) is 11.5 Å². The van der Waals surface area contributed by atoms with Crippen LogP contribution in [0.3, 0.4) is 0 Å². The first kappa shape index (κ1) is 19.5. The van der Waals surface area contributed by atoms with Crippen LogP contribution in [-0.4, -0.2) is 20.1 Å². The van der Waals surface area contributed by atoms with E-state index < -0.39 is 0 Å². The molecule has 0 aliphatic heterocycles. The van der Waals surface area contributed by atoms with Crippen molar-refractivity contribution in [3.05, 3.63) is 83.3 Å². The van der Waals surface area contributed by atoms with Crippen LogP contribution in [0.2, 0.25) is 0 Å². The van der Waals surface area contributed by atoms with Crippen molar-refractivity contribution in [2.24, 2.45) is 0 Å². The summed E-state index contributed by atoms with van der Waals surface area (Å²) in [4.78, 5) is 12.7. The first-order valence-corrected chi connectivity index (χ1v) is 9.29. The molecule has 146 valence electrons. The van der Waals surface area contributed by atoms with Gasteiger partial charge in [0.2, 0.25) is 0 Å². The van der Waals surface area contributed by atoms with Crippen LogP contribution in [0.5, 0.6) is 11.5 Å². The third-order valence-electron chi connectivity index (χ3n) is 4.73. The molecule has 1 heterocycles. The molecule has 0 spiro atoms. The average Bonchev–Trinajstić information content (AvgIpc) is 3.28. The number of carbonyl (C=O) groups excluding carboxylic acids is 1. The van der Waals surface area contributed by atoms with Gasteiger partial charge in [-0.05, 0) is 53.8 Å². The van der Waals surface area contributed by atoms with Crippen LogP contribution in [0.25, 0.3) is 0 Å². The summed E-state index contributed by atoms with van der Waals surface area (Å²) in [5.41, 5.74) is 3.23. The van der Waals surface area contributed by atoms with E-state index in [4.69, 9.17) is 13.9 Å². The van der Waals surface area contributed by atoms with E-state index in [1.54, 1.807) is 26.4 Å². The van der Waals surface area contributed by atoms with Crippen molar-refractivity contribution in [2.75, 3.05) is 14.2 Å². The number of amides is 1. The summed E-state index contributed by atoms with van der Waals surface area (Å²) in [5, 5.41) is 3.12. The molecule has 1 aromatic heterocycles. The molecule has 0 fully saturated rings. The van der Waals surface area contributed by atoms with Crippen molar-refractivity contribution >= 4 is 5.91 Å². The lowest BCUT2D eigenvalue weighted by atomic mass is 9.92. The van der Waals surface area contributed by atoms with Gasteiger partial charge in [0.05, 0.1) is 26.5 Å². The standard InChI is InChI=1S/C23H25NO4/c1-4-17-14-21(26-2)22(27-3)15-18(17)19(13-16-9-6-5-7-10-16)24-23(25)20-11-8-12-28-20/h5-12,14-15,19H,4,13H2,1-3H3,(H,24,25)/t19-/m0/s1. The molecule has 0 bridgehead atoms. The fourth-order valence-electron chi connectivity index (χ4n) is 3.29. The monoisotopic (exact) mass is 379 g/mol. The summed E-state index contributed by atoms with van der Waals surface area (Å²) in [6.45, 7) is 2.08. The maximum atomic E-state index is 12.7. The minimum Gasteiger partial charge on any atom is -0.493 e. The average molecular weight is 379 g/mol. The Morgan fingerprint density at radius 2 is 1.75 bits per heavy atom. The molecule has 5 nitrogen and oxygen atoms in total. The van der Waals surface area contributed by atoms with E-state index in [9.17, 15) is 4.79 Å². The number of furan rings is 1. The molecule has 0 aliphatic rings. The molecule has 3 aromatic rings. The molecule has 1 N–H and O–H groups in total. The maximum Gasteiger partial charge on any atom is 0.287 e. The molecular weight excluding hydrogens is 354 g/mol. The molecule has 3 rings (SSSR count). The molecule has 2 aromatic carbocycles. The summed E-state index contributed by atoms with van der Waals surface area (Å²) in [5.74, 6) is 1.36. The highest BCUT2D eigenvalue weighted by atomic mass is 16.5. The second kappa shape index (κ2) is 9.13. The highest BCUT2D eigenvalue weighted by Crippen LogP contribution is 2.34. The van der Waals surface area contributed by atoms with Crippen molar-refractivity contribution in [2.45, 2.75) is 25.8 Å². The van der Waals surface area contributed by atoms with Gasteiger partial charge in [0.15, 0.2) is 17.3 Å². The number of carbonyl (C=O) groups is 1. The van der Waals surface area contributed by atoms with Gasteiger partial charge in [0.1, 0.15) is 0 Å². The van der Waals surface area contributed by atoms with Crippen LogP contribution >= 0.6 is 0 Å². The second-order valence-electron chi connectivity index (χ2n) is 6.45. The van der Waals surface area contributed by atoms with Gasteiger partial charge in [-0.3, -0.25) is 4.79 Å². The van der Waals surface area contributed by atoms with E-state index in [1.165, 1.54) is 6.26 Å². The van der Waals surface area contributed by atoms with Crippen molar-refractivity contribution < 1.29 is 18.7 Å². The number of hydrogen-bond donors (Lipinski definition) is 1. The lowest BCUT2D eigenvalue weighted by molar-refractivity contribution is 0.0908. The molecular formula is C23H25NO4. The summed E-state index contributed by atoms with van der Waals surface area (Å²) in [6, 6.07) is 17.1. The second-order valence-corrected chi connectivity index (χ2v) is 6.45. The molecule has 0 aliphatic carbocycles. The summed E-state index contributed by atoms with van der Waals surface area (Å²) in [6.07, 6.45) is 2.95. The van der Waals surface area contributed by atoms with Gasteiger partial charge in [0.25, 0.3) is 5.91 Å². The van der Waals surface area contributed by atoms with E-state index in [2.05, 4.69) is 24.4 Å². The van der Waals surface area contributed by atoms with Crippen molar-refractivity contribution in [3.63, 3.8) is 0 Å². The predicted molar refractivity (Wildman–Crippen MR) is 108 cm³/mol. The summed E-state index contributed by atoms with van der Waals surface area (Å²) in [7, 11) is 3.23. The van der Waals surface area contributed by atoms with Crippen LogP contribution < -0.4 is 14.8 Å². The number of ether oxygens (including phenoxy) is 2. The Hall–Kier alpha value is -3.21. The van der Waals surface area contributed by atoms with Gasteiger partial charge in [-0.15, -0.1) is 0 Å². The van der Waals surface area contributed by atoms with Crippen LogP contribution in [0, 0.1) is 0 Å². The number of aryl methyl sites for hydroxylation is 1. The maximum absolute atomic E-state index is 12.7. The summed E-state index contributed by atoms with van der Waals surface area (Å²) >= 11 is 0. The molecule has 28 heavy (non-hydrogen) atoms. The van der Waals surface area contributed by atoms with Crippen LogP contribution in [0.1, 0.15) is 40.2 Å². The van der Waals surface area contributed by atoms with E-state index >= 15 is 0 Å². The third kappa shape index (κ3) is 4.36. The van der Waals surface area contributed by atoms with E-state index in [0.29, 0.717) is 17.9 Å². The van der Waals surface area contributed by atoms with E-state index in [-0.39, 0.29) is 17.7 Å². The normalized spacial score (nSPS) is 11.7. The zero-order chi connectivity index (χ0) is 19.9. The number of benzene rings is 2. The van der Waals surface area contributed by atoms with E-state index in [0.717, 1.165) is 23.1 Å². The van der Waals surface area contributed by atoms with Crippen molar-refractivity contribution in [1.29, 1.82) is 0 Å². The largest absolute Gasteiger partial charge is 0.493 e. The Labute approximate surface area is 165 Å². The molecule has 0 saturated carbocycles. The van der Waals surface area contributed by atoms with Gasteiger partial charge in [-0.25, -0.2) is 0 Å². The smallest absolute Gasteiger partial charge is 0.287 e. The van der Waals surface area contributed by atoms with Crippen LogP contribution in [0.4, 0.5) is 0 Å². The first-order valence-electron chi connectivity index (χ1n) is 9.29. The Morgan fingerprint density at radius 3 is 2.36 bits per heavy atom. The fourth-order valence-corrected chi connectivity index (χ4v) is 3.29. The van der Waals surface area contributed by atoms with Gasteiger partial charge in [0, 0.05) is 0 Å². The molecule has 0 saturated heterocycles. The first-order chi connectivity index (χ1) is 13.7. The molecule has 1 atom stereocenters. The van der Waals surface area contributed by atoms with Gasteiger partial charge >= 0.3 is 0 Å².